The summed E-state index contributed by atoms with van der Waals surface area (Å²) in [6, 6.07) is 33.7. The number of carbonyl (C=O) groups is 1. The molecule has 7 aromatic carbocycles. The lowest BCUT2D eigenvalue weighted by Crippen LogP contribution is -2.37. The third-order valence-corrected chi connectivity index (χ3v) is 18.1. The molecule has 11 rings (SSSR count). The van der Waals surface area contributed by atoms with Crippen LogP contribution in [0, 0.1) is 12.8 Å². The zero-order chi connectivity index (χ0) is 58.8. The molecule has 83 heavy (non-hydrogen) atoms. The summed E-state index contributed by atoms with van der Waals surface area (Å²) < 4.78 is 116. The predicted octanol–water partition coefficient (Wildman–Crippen LogP) is 19.5. The van der Waals surface area contributed by atoms with Gasteiger partial charge in [-0.25, -0.2) is 0 Å². The number of hydrogen-bond acceptors (Lipinski definition) is 5. The molecular formula is C71H69F6NO5. The second kappa shape index (κ2) is 21.9. The number of ether oxygens (including phenoxy) is 4. The van der Waals surface area contributed by atoms with Crippen molar-refractivity contribution >= 4 is 28.4 Å². The van der Waals surface area contributed by atoms with E-state index in [0.717, 1.165) is 45.4 Å². The number of fused-ring (bicyclic) bond motifs is 8. The Morgan fingerprint density at radius 1 is 0.699 bits per heavy atom. The fourth-order valence-electron chi connectivity index (χ4n) is 13.4. The highest BCUT2D eigenvalue weighted by molar-refractivity contribution is 6.11. The molecule has 1 aliphatic heterocycles. The van der Waals surface area contributed by atoms with Crippen LogP contribution in [0.25, 0.3) is 50.2 Å². The molecule has 3 aliphatic carbocycles. The summed E-state index contributed by atoms with van der Waals surface area (Å²) in [4.78, 5) is 13.5. The second-order valence-electron chi connectivity index (χ2n) is 23.7. The van der Waals surface area contributed by atoms with Crippen LogP contribution in [0.3, 0.4) is 0 Å². The van der Waals surface area contributed by atoms with Crippen molar-refractivity contribution in [1.82, 2.24) is 0 Å². The smallest absolute Gasteiger partial charge is 0.416 e. The molecule has 1 fully saturated rings. The summed E-state index contributed by atoms with van der Waals surface area (Å²) in [5, 5.41) is 3.87. The largest absolute Gasteiger partial charge is 0.497 e. The number of alkyl halides is 6. The van der Waals surface area contributed by atoms with Crippen LogP contribution in [0.2, 0.25) is 0 Å². The zero-order valence-corrected chi connectivity index (χ0v) is 48.2. The average Bonchev–Trinajstić information content (AvgIpc) is 1.64. The Balaban J connectivity index is 0.975. The van der Waals surface area contributed by atoms with Crippen molar-refractivity contribution < 1.29 is 50.1 Å². The molecule has 7 aromatic rings. The molecule has 0 aromatic heterocycles. The van der Waals surface area contributed by atoms with Gasteiger partial charge in [0, 0.05) is 45.9 Å². The Hall–Kier alpha value is -7.57. The highest BCUT2D eigenvalue weighted by Crippen LogP contribution is 2.62. The van der Waals surface area contributed by atoms with E-state index in [9.17, 15) is 18.0 Å². The van der Waals surface area contributed by atoms with Gasteiger partial charge in [0.05, 0.1) is 30.9 Å². The van der Waals surface area contributed by atoms with Crippen LogP contribution in [0.4, 0.5) is 32.0 Å². The molecule has 2 atom stereocenters. The maximum atomic E-state index is 15.4. The quantitative estimate of drug-likeness (QED) is 0.0868. The Labute approximate surface area is 482 Å². The topological polar surface area (TPSA) is 66.0 Å². The third-order valence-electron chi connectivity index (χ3n) is 18.1. The summed E-state index contributed by atoms with van der Waals surface area (Å²) >= 11 is 0. The molecular weight excluding hydrogens is 1060 g/mol. The van der Waals surface area contributed by atoms with Crippen molar-refractivity contribution in [3.8, 4) is 50.6 Å². The van der Waals surface area contributed by atoms with Crippen molar-refractivity contribution in [2.75, 3.05) is 26.6 Å². The van der Waals surface area contributed by atoms with Gasteiger partial charge in [0.2, 0.25) is 0 Å². The molecule has 6 nitrogen and oxygen atoms in total. The van der Waals surface area contributed by atoms with E-state index in [4.69, 9.17) is 18.9 Å². The van der Waals surface area contributed by atoms with Gasteiger partial charge in [-0.1, -0.05) is 125 Å². The van der Waals surface area contributed by atoms with E-state index in [1.54, 1.807) is 34.1 Å². The second-order valence-corrected chi connectivity index (χ2v) is 23.7. The van der Waals surface area contributed by atoms with Gasteiger partial charge in [0.1, 0.15) is 17.2 Å². The molecule has 12 heteroatoms. The zero-order valence-electron chi connectivity index (χ0n) is 48.2. The van der Waals surface area contributed by atoms with Gasteiger partial charge in [-0.05, 0) is 186 Å². The monoisotopic (exact) mass is 1130 g/mol. The number of unbranched alkanes of at least 4 members (excludes halogenated alkanes) is 2. The van der Waals surface area contributed by atoms with E-state index in [1.807, 2.05) is 129 Å². The summed E-state index contributed by atoms with van der Waals surface area (Å²) in [7, 11) is 4.74. The number of halogens is 6. The molecule has 1 saturated carbocycles. The first kappa shape index (κ1) is 57.3. The van der Waals surface area contributed by atoms with Crippen molar-refractivity contribution in [1.29, 1.82) is 0 Å². The van der Waals surface area contributed by atoms with E-state index in [0.29, 0.717) is 68.3 Å². The number of nitrogens with one attached hydrogen (secondary N) is 1. The highest BCUT2D eigenvalue weighted by Gasteiger charge is 2.51. The normalized spacial score (nSPS) is 20.7. The maximum absolute atomic E-state index is 15.4. The minimum atomic E-state index is -5.13. The SMILES string of the molecule is CCCCCC1CCC(c2ccc(C(=O)Nc3ccc(-c4ccc(-c5cc6c7c(c8c(c6cc5OC)OC(C5=CCC(C)(OC)C=C5)(c5ccc(OC)cc5)C=C8)C(C)(C)c5c-7cc(C(F)(F)F)cc5C(F)(F)F)c(C)c4)cc3)cc2)CC1. The fourth-order valence-corrected chi connectivity index (χ4v) is 13.4. The average molecular weight is 1130 g/mol. The molecule has 0 bridgehead atoms. The number of amides is 1. The van der Waals surface area contributed by atoms with Gasteiger partial charge >= 0.3 is 12.4 Å². The first-order chi connectivity index (χ1) is 39.6. The van der Waals surface area contributed by atoms with E-state index in [1.165, 1.54) is 64.0 Å². The summed E-state index contributed by atoms with van der Waals surface area (Å²) in [6.45, 7) is 9.44. The Kier molecular flexibility index (Phi) is 15.1. The minimum absolute atomic E-state index is 0.154. The fraction of sp³-hybridized carbons (Fsp3) is 0.338. The van der Waals surface area contributed by atoms with Crippen molar-refractivity contribution in [3.63, 3.8) is 0 Å². The number of rotatable bonds is 14. The Morgan fingerprint density at radius 2 is 1.41 bits per heavy atom. The molecule has 430 valence electrons. The van der Waals surface area contributed by atoms with Gasteiger partial charge < -0.3 is 24.3 Å². The lowest BCUT2D eigenvalue weighted by Gasteiger charge is -2.40. The summed E-state index contributed by atoms with van der Waals surface area (Å²) in [5.74, 6) is 2.51. The molecule has 4 aliphatic rings. The van der Waals surface area contributed by atoms with E-state index < -0.39 is 40.1 Å². The van der Waals surface area contributed by atoms with Gasteiger partial charge in [-0.15, -0.1) is 0 Å². The standard InChI is InChI=1S/C71H69F6NO5/c1-9-10-11-12-43-13-15-44(16-14-43)45-17-19-47(20-18-45)66(79)78-52-26-21-46(22-27-52)48-23-30-54(42(2)37-48)56-40-57-58(41-61(56)81-7)65-55(64-62(57)59-38-51(70(72,73)74)39-60(71(75,76)77)63(59)67(64,3)4)33-36-69(83-65,49-24-28-53(80-6)29-25-49)50-31-34-68(5,82-8)35-32-50/h17-34,36-41,43-44H,9-16,35H2,1-8H3,(H,78,79). The van der Waals surface area contributed by atoms with Gasteiger partial charge in [0.25, 0.3) is 5.91 Å². The maximum Gasteiger partial charge on any atom is 0.416 e. The lowest BCUT2D eigenvalue weighted by molar-refractivity contribution is -0.143. The first-order valence-electron chi connectivity index (χ1n) is 28.8. The van der Waals surface area contributed by atoms with Gasteiger partial charge in [-0.2, -0.15) is 26.3 Å². The molecule has 0 spiro atoms. The van der Waals surface area contributed by atoms with Crippen LogP contribution >= 0.6 is 0 Å². The van der Waals surface area contributed by atoms with Gasteiger partial charge in [0.15, 0.2) is 5.60 Å². The predicted molar refractivity (Wildman–Crippen MR) is 319 cm³/mol. The van der Waals surface area contributed by atoms with Crippen LogP contribution < -0.4 is 19.5 Å². The van der Waals surface area contributed by atoms with Crippen LogP contribution in [-0.2, 0) is 28.1 Å². The number of methoxy groups -OCH3 is 3. The van der Waals surface area contributed by atoms with Crippen molar-refractivity contribution in [2.24, 2.45) is 5.92 Å². The Bertz CT molecular complexity index is 3730. The number of hydrogen-bond donors (Lipinski definition) is 1. The molecule has 1 heterocycles. The molecule has 1 N–H and O–H groups in total. The molecule has 0 saturated heterocycles. The minimum Gasteiger partial charge on any atom is -0.497 e. The lowest BCUT2D eigenvalue weighted by atomic mass is 9.74. The molecule has 0 radical (unpaired) electrons. The van der Waals surface area contributed by atoms with E-state index >= 15 is 13.2 Å². The number of carbonyl (C=O) groups excluding carboxylic acids is 1. The first-order valence-corrected chi connectivity index (χ1v) is 28.8. The summed E-state index contributed by atoms with van der Waals surface area (Å²) in [5.41, 5.74) is 2.47. The number of anilines is 1. The highest BCUT2D eigenvalue weighted by atomic mass is 19.4. The van der Waals surface area contributed by atoms with Crippen LogP contribution in [0.15, 0.2) is 145 Å². The number of aryl methyl sites for hydroxylation is 1. The number of benzene rings is 7. The summed E-state index contributed by atoms with van der Waals surface area (Å²) in [6.07, 6.45) is 10.1. The van der Waals surface area contributed by atoms with Gasteiger partial charge in [-0.3, -0.25) is 4.79 Å². The van der Waals surface area contributed by atoms with Crippen molar-refractivity contribution in [2.45, 2.75) is 127 Å². The molecule has 2 unspecified atom stereocenters. The van der Waals surface area contributed by atoms with Crippen LogP contribution in [0.5, 0.6) is 17.2 Å². The van der Waals surface area contributed by atoms with Crippen LogP contribution in [0.1, 0.15) is 146 Å². The van der Waals surface area contributed by atoms with E-state index in [-0.39, 0.29) is 28.7 Å². The van der Waals surface area contributed by atoms with E-state index in [2.05, 4.69) is 24.4 Å². The van der Waals surface area contributed by atoms with Crippen molar-refractivity contribution in [3.05, 3.63) is 195 Å². The molecule has 1 amide bonds. The van der Waals surface area contributed by atoms with Crippen LogP contribution in [-0.4, -0.2) is 32.8 Å². The third kappa shape index (κ3) is 10.5. The Morgan fingerprint density at radius 3 is 2.02 bits per heavy atom.